The molecule has 2 rings (SSSR count). The molecular weight excluding hydrogens is 278 g/mol. The van der Waals surface area contributed by atoms with Crippen LogP contribution in [-0.4, -0.2) is 15.9 Å². The molecule has 0 aliphatic rings. The summed E-state index contributed by atoms with van der Waals surface area (Å²) in [5.74, 6) is -2.00. The second-order valence-electron chi connectivity index (χ2n) is 3.77. The highest BCUT2D eigenvalue weighted by atomic mass is 19.4. The number of anilines is 1. The van der Waals surface area contributed by atoms with Gasteiger partial charge in [-0.1, -0.05) is 0 Å². The van der Waals surface area contributed by atoms with Gasteiger partial charge in [-0.05, 0) is 18.2 Å². The van der Waals surface area contributed by atoms with Crippen molar-refractivity contribution in [3.8, 4) is 0 Å². The molecule has 1 amide bonds. The van der Waals surface area contributed by atoms with E-state index >= 15 is 0 Å². The Bertz CT molecular complexity index is 628. The molecule has 8 heteroatoms. The lowest BCUT2D eigenvalue weighted by Crippen LogP contribution is -2.15. The summed E-state index contributed by atoms with van der Waals surface area (Å²) >= 11 is 0. The summed E-state index contributed by atoms with van der Waals surface area (Å²) in [5, 5.41) is 2.22. The molecule has 1 aromatic heterocycles. The van der Waals surface area contributed by atoms with Gasteiger partial charge in [-0.25, -0.2) is 9.37 Å². The summed E-state index contributed by atoms with van der Waals surface area (Å²) < 4.78 is 50.7. The molecule has 104 valence electrons. The van der Waals surface area contributed by atoms with E-state index < -0.39 is 29.0 Å². The minimum atomic E-state index is -4.73. The number of halogens is 4. The van der Waals surface area contributed by atoms with Crippen LogP contribution in [-0.2, 0) is 6.18 Å². The zero-order valence-corrected chi connectivity index (χ0v) is 9.78. The third-order valence-corrected chi connectivity index (χ3v) is 2.29. The van der Waals surface area contributed by atoms with Gasteiger partial charge >= 0.3 is 6.18 Å². The number of nitrogens with one attached hydrogen (secondary N) is 1. The number of rotatable bonds is 2. The van der Waals surface area contributed by atoms with Crippen molar-refractivity contribution in [2.75, 3.05) is 5.32 Å². The Morgan fingerprint density at radius 3 is 2.50 bits per heavy atom. The first-order chi connectivity index (χ1) is 9.36. The maximum Gasteiger partial charge on any atom is 0.416 e. The molecule has 0 saturated heterocycles. The highest BCUT2D eigenvalue weighted by Crippen LogP contribution is 2.30. The van der Waals surface area contributed by atoms with Gasteiger partial charge in [-0.15, -0.1) is 0 Å². The molecule has 0 radical (unpaired) electrons. The van der Waals surface area contributed by atoms with E-state index in [1.54, 1.807) is 0 Å². The monoisotopic (exact) mass is 285 g/mol. The molecule has 1 N–H and O–H groups in total. The SMILES string of the molecule is O=C(Nc1cnccn1)c1cc(F)cc(C(F)(F)F)c1. The first-order valence-corrected chi connectivity index (χ1v) is 5.31. The van der Waals surface area contributed by atoms with Crippen molar-refractivity contribution >= 4 is 11.7 Å². The topological polar surface area (TPSA) is 54.9 Å². The smallest absolute Gasteiger partial charge is 0.305 e. The van der Waals surface area contributed by atoms with E-state index in [1.807, 2.05) is 0 Å². The number of carbonyl (C=O) groups is 1. The molecule has 1 heterocycles. The first kappa shape index (κ1) is 13.9. The lowest BCUT2D eigenvalue weighted by atomic mass is 10.1. The van der Waals surface area contributed by atoms with Gasteiger partial charge in [0.2, 0.25) is 0 Å². The van der Waals surface area contributed by atoms with E-state index in [9.17, 15) is 22.4 Å². The van der Waals surface area contributed by atoms with Crippen LogP contribution in [0.2, 0.25) is 0 Å². The van der Waals surface area contributed by atoms with Crippen LogP contribution in [0.25, 0.3) is 0 Å². The fourth-order valence-electron chi connectivity index (χ4n) is 1.44. The van der Waals surface area contributed by atoms with Crippen molar-refractivity contribution in [3.63, 3.8) is 0 Å². The number of alkyl halides is 3. The first-order valence-electron chi connectivity index (χ1n) is 5.31. The number of amides is 1. The molecule has 0 spiro atoms. The van der Waals surface area contributed by atoms with Gasteiger partial charge in [0.1, 0.15) is 5.82 Å². The molecule has 20 heavy (non-hydrogen) atoms. The van der Waals surface area contributed by atoms with Crippen LogP contribution in [0.4, 0.5) is 23.4 Å². The van der Waals surface area contributed by atoms with E-state index in [4.69, 9.17) is 0 Å². The molecule has 2 aromatic rings. The molecule has 0 atom stereocenters. The minimum absolute atomic E-state index is 0.0512. The summed E-state index contributed by atoms with van der Waals surface area (Å²) in [6, 6.07) is 1.59. The van der Waals surface area contributed by atoms with Crippen molar-refractivity contribution < 1.29 is 22.4 Å². The molecule has 0 aliphatic heterocycles. The fourth-order valence-corrected chi connectivity index (χ4v) is 1.44. The van der Waals surface area contributed by atoms with Crippen molar-refractivity contribution in [3.05, 3.63) is 53.7 Å². The summed E-state index contributed by atoms with van der Waals surface area (Å²) in [4.78, 5) is 19.1. The Hall–Kier alpha value is -2.51. The number of carbonyl (C=O) groups excluding carboxylic acids is 1. The van der Waals surface area contributed by atoms with Crippen molar-refractivity contribution in [2.24, 2.45) is 0 Å². The Labute approximate surface area is 110 Å². The number of nitrogens with zero attached hydrogens (tertiary/aromatic N) is 2. The van der Waals surface area contributed by atoms with Gasteiger partial charge in [0, 0.05) is 18.0 Å². The average molecular weight is 285 g/mol. The predicted molar refractivity (Wildman–Crippen MR) is 61.4 cm³/mol. The second kappa shape index (κ2) is 5.24. The summed E-state index contributed by atoms with van der Waals surface area (Å²) in [6.07, 6.45) is -0.868. The molecule has 1 aromatic carbocycles. The average Bonchev–Trinajstić information content (AvgIpc) is 2.38. The van der Waals surface area contributed by atoms with Gasteiger partial charge < -0.3 is 5.32 Å². The van der Waals surface area contributed by atoms with Crippen LogP contribution in [0, 0.1) is 5.82 Å². The van der Waals surface area contributed by atoms with E-state index in [0.29, 0.717) is 18.2 Å². The molecule has 0 saturated carbocycles. The van der Waals surface area contributed by atoms with Crippen molar-refractivity contribution in [1.29, 1.82) is 0 Å². The highest BCUT2D eigenvalue weighted by Gasteiger charge is 2.32. The van der Waals surface area contributed by atoms with Crippen LogP contribution >= 0.6 is 0 Å². The Kier molecular flexibility index (Phi) is 3.64. The molecule has 0 bridgehead atoms. The van der Waals surface area contributed by atoms with Gasteiger partial charge in [-0.3, -0.25) is 9.78 Å². The zero-order chi connectivity index (χ0) is 14.8. The maximum absolute atomic E-state index is 13.1. The molecule has 0 unspecified atom stereocenters. The van der Waals surface area contributed by atoms with Crippen LogP contribution in [0.3, 0.4) is 0 Å². The molecule has 4 nitrogen and oxygen atoms in total. The summed E-state index contributed by atoms with van der Waals surface area (Å²) in [5.41, 5.74) is -1.69. The minimum Gasteiger partial charge on any atom is -0.305 e. The Morgan fingerprint density at radius 2 is 1.90 bits per heavy atom. The maximum atomic E-state index is 13.1. The zero-order valence-electron chi connectivity index (χ0n) is 9.78. The normalized spacial score (nSPS) is 11.2. The summed E-state index contributed by atoms with van der Waals surface area (Å²) in [7, 11) is 0. The van der Waals surface area contributed by atoms with Gasteiger partial charge in [0.15, 0.2) is 5.82 Å². The fraction of sp³-hybridized carbons (Fsp3) is 0.0833. The van der Waals surface area contributed by atoms with Gasteiger partial charge in [-0.2, -0.15) is 13.2 Å². The predicted octanol–water partition coefficient (Wildman–Crippen LogP) is 2.89. The third kappa shape index (κ3) is 3.28. The number of aromatic nitrogens is 2. The van der Waals surface area contributed by atoms with E-state index in [2.05, 4.69) is 15.3 Å². The number of hydrogen-bond acceptors (Lipinski definition) is 3. The van der Waals surface area contributed by atoms with Crippen LogP contribution in [0.15, 0.2) is 36.8 Å². The second-order valence-corrected chi connectivity index (χ2v) is 3.77. The Balaban J connectivity index is 2.29. The standard InChI is InChI=1S/C12H7F4N3O/c13-9-4-7(3-8(5-9)12(14,15)16)11(20)19-10-6-17-1-2-18-10/h1-6H,(H,18,19,20). The highest BCUT2D eigenvalue weighted by molar-refractivity contribution is 6.03. The lowest BCUT2D eigenvalue weighted by Gasteiger charge is -2.09. The third-order valence-electron chi connectivity index (χ3n) is 2.29. The molecule has 0 fully saturated rings. The number of benzene rings is 1. The molecule has 0 aliphatic carbocycles. The van der Waals surface area contributed by atoms with Gasteiger partial charge in [0.05, 0.1) is 11.8 Å². The number of hydrogen-bond donors (Lipinski definition) is 1. The largest absolute Gasteiger partial charge is 0.416 e. The van der Waals surface area contributed by atoms with Gasteiger partial charge in [0.25, 0.3) is 5.91 Å². The molecular formula is C12H7F4N3O. The van der Waals surface area contributed by atoms with E-state index in [1.165, 1.54) is 18.6 Å². The van der Waals surface area contributed by atoms with Crippen LogP contribution in [0.1, 0.15) is 15.9 Å². The van der Waals surface area contributed by atoms with E-state index in [-0.39, 0.29) is 5.82 Å². The van der Waals surface area contributed by atoms with E-state index in [0.717, 1.165) is 0 Å². The summed E-state index contributed by atoms with van der Waals surface area (Å²) in [6.45, 7) is 0. The quantitative estimate of drug-likeness (QED) is 0.863. The lowest BCUT2D eigenvalue weighted by molar-refractivity contribution is -0.137. The van der Waals surface area contributed by atoms with Crippen LogP contribution in [0.5, 0.6) is 0 Å². The van der Waals surface area contributed by atoms with Crippen LogP contribution < -0.4 is 5.32 Å². The van der Waals surface area contributed by atoms with Crippen molar-refractivity contribution in [2.45, 2.75) is 6.18 Å². The van der Waals surface area contributed by atoms with Crippen molar-refractivity contribution in [1.82, 2.24) is 9.97 Å². The Morgan fingerprint density at radius 1 is 1.15 bits per heavy atom.